The van der Waals surface area contributed by atoms with Crippen molar-refractivity contribution >= 4 is 19.3 Å². The molecule has 13 heavy (non-hydrogen) atoms. The first-order valence-electron chi connectivity index (χ1n) is 4.42. The van der Waals surface area contributed by atoms with Crippen LogP contribution in [0.15, 0.2) is 36.8 Å². The van der Waals surface area contributed by atoms with E-state index >= 15 is 0 Å². The van der Waals surface area contributed by atoms with E-state index in [1.807, 2.05) is 18.1 Å². The molecule has 0 bridgehead atoms. The fourth-order valence-electron chi connectivity index (χ4n) is 1.12. The number of halogens is 1. The molecule has 0 saturated heterocycles. The SMILES string of the molecule is C=C[SiH](Cl)[n+]1ccc(C(C)C)cc1. The summed E-state index contributed by atoms with van der Waals surface area (Å²) in [6.45, 7) is 8.07. The molecule has 1 rings (SSSR count). The van der Waals surface area contributed by atoms with Crippen molar-refractivity contribution in [3.8, 4) is 0 Å². The second kappa shape index (κ2) is 4.58. The van der Waals surface area contributed by atoms with Crippen LogP contribution in [0.1, 0.15) is 25.3 Å². The topological polar surface area (TPSA) is 3.88 Å². The summed E-state index contributed by atoms with van der Waals surface area (Å²) in [5.41, 5.74) is 3.19. The van der Waals surface area contributed by atoms with Gasteiger partial charge in [0, 0.05) is 12.1 Å². The van der Waals surface area contributed by atoms with E-state index in [9.17, 15) is 0 Å². The van der Waals surface area contributed by atoms with E-state index in [0.29, 0.717) is 5.92 Å². The molecule has 3 heteroatoms. The van der Waals surface area contributed by atoms with E-state index in [1.165, 1.54) is 5.56 Å². The van der Waals surface area contributed by atoms with Crippen molar-refractivity contribution in [2.45, 2.75) is 19.8 Å². The van der Waals surface area contributed by atoms with E-state index < -0.39 is 8.27 Å². The van der Waals surface area contributed by atoms with Crippen LogP contribution in [0.25, 0.3) is 0 Å². The maximum absolute atomic E-state index is 6.11. The van der Waals surface area contributed by atoms with E-state index in [0.717, 1.165) is 0 Å². The molecule has 1 nitrogen and oxygen atoms in total. The predicted molar refractivity (Wildman–Crippen MR) is 59.3 cm³/mol. The molecule has 0 saturated carbocycles. The van der Waals surface area contributed by atoms with Gasteiger partial charge in [-0.05, 0) is 17.2 Å². The number of pyridine rings is 1. The van der Waals surface area contributed by atoms with Gasteiger partial charge in [-0.2, -0.15) is 0 Å². The zero-order chi connectivity index (χ0) is 9.84. The Balaban J connectivity index is 2.87. The third-order valence-electron chi connectivity index (χ3n) is 2.02. The minimum absolute atomic E-state index is 0.578. The first-order chi connectivity index (χ1) is 6.15. The van der Waals surface area contributed by atoms with Crippen molar-refractivity contribution in [1.82, 2.24) is 0 Å². The smallest absolute Gasteiger partial charge is 0.266 e. The second-order valence-electron chi connectivity index (χ2n) is 3.34. The molecule has 70 valence electrons. The van der Waals surface area contributed by atoms with Gasteiger partial charge in [-0.15, -0.1) is 0 Å². The highest BCUT2D eigenvalue weighted by atomic mass is 35.6. The largest absolute Gasteiger partial charge is 0.473 e. The third-order valence-corrected chi connectivity index (χ3v) is 4.54. The Kier molecular flexibility index (Phi) is 3.69. The Bertz CT molecular complexity index is 281. The summed E-state index contributed by atoms with van der Waals surface area (Å²) < 4.78 is 2.06. The number of aromatic nitrogens is 1. The normalized spacial score (nSPS) is 12.9. The highest BCUT2D eigenvalue weighted by Crippen LogP contribution is 2.10. The molecule has 0 N–H and O–H groups in total. The minimum atomic E-state index is -1.44. The van der Waals surface area contributed by atoms with Gasteiger partial charge >= 0.3 is 8.27 Å². The molecule has 0 amide bonds. The maximum atomic E-state index is 6.11. The summed E-state index contributed by atoms with van der Waals surface area (Å²) in [6, 6.07) is 4.24. The first kappa shape index (κ1) is 10.5. The van der Waals surface area contributed by atoms with Gasteiger partial charge in [-0.1, -0.05) is 31.5 Å². The lowest BCUT2D eigenvalue weighted by molar-refractivity contribution is -0.531. The molecule has 1 unspecified atom stereocenters. The Labute approximate surface area is 86.1 Å². The van der Waals surface area contributed by atoms with Gasteiger partial charge in [0.2, 0.25) is 0 Å². The van der Waals surface area contributed by atoms with E-state index in [4.69, 9.17) is 11.1 Å². The van der Waals surface area contributed by atoms with Gasteiger partial charge in [-0.3, -0.25) is 4.23 Å². The van der Waals surface area contributed by atoms with Crippen LogP contribution in [0, 0.1) is 0 Å². The quantitative estimate of drug-likeness (QED) is 0.534. The van der Waals surface area contributed by atoms with Crippen molar-refractivity contribution in [3.05, 3.63) is 42.4 Å². The van der Waals surface area contributed by atoms with Crippen LogP contribution in [0.2, 0.25) is 0 Å². The summed E-state index contributed by atoms with van der Waals surface area (Å²) in [7, 11) is -1.44. The van der Waals surface area contributed by atoms with Crippen molar-refractivity contribution in [2.75, 3.05) is 0 Å². The molecule has 0 aromatic carbocycles. The van der Waals surface area contributed by atoms with Gasteiger partial charge in [0.15, 0.2) is 0 Å². The number of rotatable bonds is 3. The van der Waals surface area contributed by atoms with Crippen LogP contribution in [-0.2, 0) is 0 Å². The lowest BCUT2D eigenvalue weighted by Crippen LogP contribution is -2.45. The summed E-state index contributed by atoms with van der Waals surface area (Å²) in [4.78, 5) is 0. The van der Waals surface area contributed by atoms with Crippen LogP contribution in [0.3, 0.4) is 0 Å². The molecule has 0 radical (unpaired) electrons. The number of nitrogens with zero attached hydrogens (tertiary/aromatic N) is 1. The maximum Gasteiger partial charge on any atom is 0.473 e. The van der Waals surface area contributed by atoms with Crippen LogP contribution in [-0.4, -0.2) is 8.27 Å². The lowest BCUT2D eigenvalue weighted by Gasteiger charge is -2.03. The number of hydrogen-bond donors (Lipinski definition) is 0. The van der Waals surface area contributed by atoms with Crippen LogP contribution >= 0.6 is 11.1 Å². The molecule has 0 aliphatic rings. The Hall–Kier alpha value is -0.603. The second-order valence-corrected chi connectivity index (χ2v) is 6.50. The highest BCUT2D eigenvalue weighted by Gasteiger charge is 2.14. The van der Waals surface area contributed by atoms with Gasteiger partial charge in [0.1, 0.15) is 12.4 Å². The number of hydrogen-bond acceptors (Lipinski definition) is 0. The van der Waals surface area contributed by atoms with Gasteiger partial charge in [-0.25, -0.2) is 0 Å². The zero-order valence-corrected chi connectivity index (χ0v) is 9.98. The summed E-state index contributed by atoms with van der Waals surface area (Å²) >= 11 is 6.11. The Morgan fingerprint density at radius 1 is 1.46 bits per heavy atom. The summed E-state index contributed by atoms with van der Waals surface area (Å²) in [6.07, 6.45) is 4.09. The fourth-order valence-corrected chi connectivity index (χ4v) is 2.26. The van der Waals surface area contributed by atoms with Crippen LogP contribution < -0.4 is 4.23 Å². The molecular weight excluding hydrogens is 198 g/mol. The van der Waals surface area contributed by atoms with Crippen molar-refractivity contribution < 1.29 is 4.23 Å². The molecular formula is C10H15ClNSi+. The van der Waals surface area contributed by atoms with E-state index in [-0.39, 0.29) is 0 Å². The van der Waals surface area contributed by atoms with Crippen LogP contribution in [0.5, 0.6) is 0 Å². The standard InChI is InChI=1S/C10H15ClNSi/c1-4-13(11)12-7-5-10(6-8-12)9(2)3/h4-9,13H,1H2,2-3H3/q+1. The van der Waals surface area contributed by atoms with E-state index in [2.05, 4.69) is 36.8 Å². The molecule has 0 fully saturated rings. The zero-order valence-electron chi connectivity index (χ0n) is 8.07. The third kappa shape index (κ3) is 2.67. The molecule has 0 aliphatic carbocycles. The predicted octanol–water partition coefficient (Wildman–Crippen LogP) is 2.13. The first-order valence-corrected chi connectivity index (χ1v) is 7.35. The summed E-state index contributed by atoms with van der Waals surface area (Å²) in [5, 5.41) is 0. The molecule has 0 spiro atoms. The monoisotopic (exact) mass is 212 g/mol. The molecule has 1 aromatic heterocycles. The highest BCUT2D eigenvalue weighted by molar-refractivity contribution is 7.04. The van der Waals surface area contributed by atoms with Crippen molar-refractivity contribution in [1.29, 1.82) is 0 Å². The molecule has 1 atom stereocenters. The average Bonchev–Trinajstić information content (AvgIpc) is 2.17. The van der Waals surface area contributed by atoms with Crippen molar-refractivity contribution in [3.63, 3.8) is 0 Å². The van der Waals surface area contributed by atoms with Crippen LogP contribution in [0.4, 0.5) is 0 Å². The molecule has 1 heterocycles. The summed E-state index contributed by atoms with van der Waals surface area (Å²) in [5.74, 6) is 0.578. The molecule has 0 aliphatic heterocycles. The van der Waals surface area contributed by atoms with Gasteiger partial charge in [0.05, 0.1) is 0 Å². The van der Waals surface area contributed by atoms with E-state index in [1.54, 1.807) is 0 Å². The fraction of sp³-hybridized carbons (Fsp3) is 0.300. The average molecular weight is 213 g/mol. The molecule has 1 aromatic rings. The minimum Gasteiger partial charge on any atom is -0.266 e. The Morgan fingerprint density at radius 2 is 2.00 bits per heavy atom. The Morgan fingerprint density at radius 3 is 2.38 bits per heavy atom. The lowest BCUT2D eigenvalue weighted by atomic mass is 10.1. The van der Waals surface area contributed by atoms with Gasteiger partial charge < -0.3 is 0 Å². The van der Waals surface area contributed by atoms with Gasteiger partial charge in [0.25, 0.3) is 0 Å². The van der Waals surface area contributed by atoms with Crippen molar-refractivity contribution in [2.24, 2.45) is 0 Å².